The van der Waals surface area contributed by atoms with E-state index in [9.17, 15) is 0 Å². The third-order valence-electron chi connectivity index (χ3n) is 0. The van der Waals surface area contributed by atoms with Crippen LogP contribution in [0.4, 0.5) is 0 Å². The standard InChI is InChI=1S/Ca.2Dy.3H2O4S.2H/c;;;3*1-5(2,3)4;;/h;;;3*(H2,1,2,3,4);;/q+2;2*+3;;;;2*-1/p-6. The summed E-state index contributed by atoms with van der Waals surface area (Å²) < 4.78 is 102. The zero-order valence-corrected chi connectivity index (χ0v) is 16.2. The molecule has 18 heavy (non-hydrogen) atoms. The molecule has 12 nitrogen and oxygen atoms in total. The molecule has 0 aliphatic rings. The van der Waals surface area contributed by atoms with E-state index in [-0.39, 0.29) is 117 Å². The van der Waals surface area contributed by atoms with Crippen LogP contribution < -0.4 is 0 Å². The molecule has 0 N–H and O–H groups in total. The minimum atomic E-state index is -5.17. The maximum absolute atomic E-state index is 8.52. The second-order valence-electron chi connectivity index (χ2n) is 1.22. The van der Waals surface area contributed by atoms with Crippen LogP contribution in [0.1, 0.15) is 2.85 Å². The Balaban J connectivity index is -0.0000000160. The molecule has 18 heteroatoms. The van der Waals surface area contributed by atoms with Crippen molar-refractivity contribution in [1.82, 2.24) is 0 Å². The fourth-order valence-corrected chi connectivity index (χ4v) is 0. The van der Waals surface area contributed by atoms with E-state index in [2.05, 4.69) is 0 Å². The van der Waals surface area contributed by atoms with E-state index in [1.165, 1.54) is 0 Å². The van der Waals surface area contributed by atoms with E-state index < -0.39 is 31.2 Å². The molecule has 0 heterocycles. The van der Waals surface area contributed by atoms with Gasteiger partial charge in [0.1, 0.15) is 0 Å². The van der Waals surface area contributed by atoms with Crippen LogP contribution in [0.5, 0.6) is 0 Å². The molecule has 0 saturated heterocycles. The van der Waals surface area contributed by atoms with Crippen LogP contribution in [-0.2, 0) is 31.2 Å². The molecule has 0 unspecified atom stereocenters. The largest absolute Gasteiger partial charge is 3.00 e. The minimum Gasteiger partial charge on any atom is -1.00 e. The van der Waals surface area contributed by atoms with Crippen LogP contribution >= 0.6 is 0 Å². The molecule has 0 bridgehead atoms. The molecule has 0 spiro atoms. The van der Waals surface area contributed by atoms with Gasteiger partial charge in [0.2, 0.25) is 0 Å². The Morgan fingerprint density at radius 2 is 0.500 bits per heavy atom. The van der Waals surface area contributed by atoms with Crippen molar-refractivity contribution >= 4 is 68.9 Å². The van der Waals surface area contributed by atoms with E-state index in [1.54, 1.807) is 0 Å². The van der Waals surface area contributed by atoms with E-state index in [0.717, 1.165) is 0 Å². The number of hydrogen-bond acceptors (Lipinski definition) is 12. The third-order valence-corrected chi connectivity index (χ3v) is 0. The Labute approximate surface area is 196 Å². The predicted octanol–water partition coefficient (Wildman–Crippen LogP) is -4.17. The Bertz CT molecular complexity index is 356. The summed E-state index contributed by atoms with van der Waals surface area (Å²) in [6.07, 6.45) is 0. The normalized spacial score (nSPS) is 9.67. The Kier molecular flexibility index (Phi) is 35.0. The maximum Gasteiger partial charge on any atom is 3.00 e. The zero-order chi connectivity index (χ0) is 13.5. The van der Waals surface area contributed by atoms with Gasteiger partial charge in [0.05, 0.1) is 0 Å². The van der Waals surface area contributed by atoms with Crippen molar-refractivity contribution in [1.29, 1.82) is 0 Å². The molecule has 0 fully saturated rings. The molecule has 0 atom stereocenters. The van der Waals surface area contributed by atoms with Crippen LogP contribution in [0.3, 0.4) is 0 Å². The summed E-state index contributed by atoms with van der Waals surface area (Å²) in [5.74, 6) is 0. The molecule has 0 aliphatic heterocycles. The first-order valence-electron chi connectivity index (χ1n) is 2.00. The molecule has 0 aromatic heterocycles. The van der Waals surface area contributed by atoms with Gasteiger partial charge in [0, 0.05) is 31.2 Å². The Morgan fingerprint density at radius 3 is 0.500 bits per heavy atom. The van der Waals surface area contributed by atoms with Gasteiger partial charge >= 0.3 is 114 Å². The van der Waals surface area contributed by atoms with Gasteiger partial charge < -0.3 is 30.2 Å². The van der Waals surface area contributed by atoms with Gasteiger partial charge in [0.15, 0.2) is 0 Å². The van der Waals surface area contributed by atoms with Crippen molar-refractivity contribution in [3.8, 4) is 0 Å². The van der Waals surface area contributed by atoms with E-state index >= 15 is 0 Å². The van der Waals surface area contributed by atoms with Crippen LogP contribution in [-0.4, -0.2) is 90.3 Å². The van der Waals surface area contributed by atoms with Crippen LogP contribution in [0.15, 0.2) is 0 Å². The van der Waals surface area contributed by atoms with Crippen molar-refractivity contribution in [2.24, 2.45) is 0 Å². The first-order chi connectivity index (χ1) is 6.00. The average molecular weight is 655 g/mol. The SMILES string of the molecule is O=S(=O)([O-])[O-].O=S(=O)([O-])[O-].O=S(=O)([O-])[O-].[Ca+2].[Dy+3].[Dy+3].[H-].[H-]. The van der Waals surface area contributed by atoms with Crippen LogP contribution in [0.25, 0.3) is 0 Å². The van der Waals surface area contributed by atoms with Crippen molar-refractivity contribution in [2.45, 2.75) is 0 Å². The Hall–Kier alpha value is 3.42. The van der Waals surface area contributed by atoms with Gasteiger partial charge in [0.25, 0.3) is 0 Å². The molecular weight excluding hydrogens is 653 g/mol. The first kappa shape index (κ1) is 37.6. The van der Waals surface area contributed by atoms with Crippen LogP contribution in [0, 0.1) is 76.3 Å². The second kappa shape index (κ2) is 16.8. The zero-order valence-electron chi connectivity index (χ0n) is 9.46. The molecule has 0 saturated carbocycles. The van der Waals surface area contributed by atoms with Crippen molar-refractivity contribution in [3.63, 3.8) is 0 Å². The second-order valence-corrected chi connectivity index (χ2v) is 3.67. The fraction of sp³-hybridized carbons (Fsp3) is 0. The molecule has 0 amide bonds. The third kappa shape index (κ3) is 564. The van der Waals surface area contributed by atoms with E-state index in [4.69, 9.17) is 52.6 Å². The summed E-state index contributed by atoms with van der Waals surface area (Å²) in [6.45, 7) is 0. The smallest absolute Gasteiger partial charge is 1.00 e. The van der Waals surface area contributed by atoms with Gasteiger partial charge in [-0.25, -0.2) is 0 Å². The molecule has 0 aromatic carbocycles. The summed E-state index contributed by atoms with van der Waals surface area (Å²) in [4.78, 5) is 0. The number of rotatable bonds is 0. The molecule has 114 valence electrons. The van der Waals surface area contributed by atoms with Crippen molar-refractivity contribution in [3.05, 3.63) is 0 Å². The van der Waals surface area contributed by atoms with Gasteiger partial charge in [-0.15, -0.1) is 0 Å². The van der Waals surface area contributed by atoms with Gasteiger partial charge in [-0.3, -0.25) is 25.3 Å². The van der Waals surface area contributed by atoms with Crippen molar-refractivity contribution in [2.75, 3.05) is 0 Å². The minimum absolute atomic E-state index is 0. The molecule has 2 radical (unpaired) electrons. The van der Waals surface area contributed by atoms with E-state index in [0.29, 0.717) is 0 Å². The molecule has 0 aromatic rings. The topological polar surface area (TPSA) is 241 Å². The quantitative estimate of drug-likeness (QED) is 0.137. The number of hydrogen-bond donors (Lipinski definition) is 0. The molecular formula is H2CaDy2O12S3. The first-order valence-corrected chi connectivity index (χ1v) is 6.00. The summed E-state index contributed by atoms with van der Waals surface area (Å²) in [7, 11) is -15.5. The van der Waals surface area contributed by atoms with Gasteiger partial charge in [-0.1, -0.05) is 0 Å². The predicted molar refractivity (Wildman–Crippen MR) is 39.4 cm³/mol. The summed E-state index contributed by atoms with van der Waals surface area (Å²) in [5.41, 5.74) is 0. The monoisotopic (exact) mass is 658 g/mol. The average Bonchev–Trinajstić information content (AvgIpc) is 1.41. The summed E-state index contributed by atoms with van der Waals surface area (Å²) in [5, 5.41) is 0. The fourth-order valence-electron chi connectivity index (χ4n) is 0. The van der Waals surface area contributed by atoms with Crippen LogP contribution in [0.2, 0.25) is 0 Å². The molecule has 0 rings (SSSR count). The van der Waals surface area contributed by atoms with Gasteiger partial charge in [-0.2, -0.15) is 0 Å². The van der Waals surface area contributed by atoms with Gasteiger partial charge in [-0.05, 0) is 0 Å². The van der Waals surface area contributed by atoms with Crippen molar-refractivity contribution < 1.29 is 132 Å². The molecule has 0 aliphatic carbocycles. The summed E-state index contributed by atoms with van der Waals surface area (Å²) in [6, 6.07) is 0. The maximum atomic E-state index is 8.52. The Morgan fingerprint density at radius 1 is 0.500 bits per heavy atom. The van der Waals surface area contributed by atoms with E-state index in [1.807, 2.05) is 0 Å². The summed E-state index contributed by atoms with van der Waals surface area (Å²) >= 11 is 0.